The van der Waals surface area contributed by atoms with Crippen molar-refractivity contribution in [2.45, 2.75) is 18.7 Å². The number of aromatic nitrogens is 3. The molecule has 0 radical (unpaired) electrons. The van der Waals surface area contributed by atoms with Crippen molar-refractivity contribution in [3.8, 4) is 28.8 Å². The average Bonchev–Trinajstić information content (AvgIpc) is 3.27. The maximum absolute atomic E-state index is 13.9. The number of anilines is 1. The molecule has 11 heteroatoms. The zero-order valence-electron chi connectivity index (χ0n) is 19.8. The van der Waals surface area contributed by atoms with Gasteiger partial charge in [0.1, 0.15) is 16.5 Å². The molecule has 0 amide bonds. The summed E-state index contributed by atoms with van der Waals surface area (Å²) in [7, 11) is -2.52. The van der Waals surface area contributed by atoms with E-state index < -0.39 is 15.8 Å². The molecule has 4 rings (SSSR count). The van der Waals surface area contributed by atoms with Crippen molar-refractivity contribution in [2.75, 3.05) is 18.4 Å². The van der Waals surface area contributed by atoms with Crippen LogP contribution in [0.2, 0.25) is 0 Å². The minimum absolute atomic E-state index is 0.0000568. The molecule has 0 atom stereocenters. The SMILES string of the molecule is COc1ccc(Br)cc1S(=O)(=O)Nc1ccc(-n2nc(OCC(C)C)nc2-c2cccc(F)c2)cc1. The predicted octanol–water partition coefficient (Wildman–Crippen LogP) is 5.68. The van der Waals surface area contributed by atoms with Crippen LogP contribution < -0.4 is 14.2 Å². The van der Waals surface area contributed by atoms with Crippen molar-refractivity contribution in [2.24, 2.45) is 5.92 Å². The first kappa shape index (κ1) is 25.6. The molecule has 0 saturated carbocycles. The number of benzene rings is 3. The normalized spacial score (nSPS) is 11.5. The maximum Gasteiger partial charge on any atom is 0.336 e. The van der Waals surface area contributed by atoms with Gasteiger partial charge >= 0.3 is 6.01 Å². The minimum Gasteiger partial charge on any atom is -0.495 e. The largest absolute Gasteiger partial charge is 0.495 e. The van der Waals surface area contributed by atoms with Crippen molar-refractivity contribution in [3.05, 3.63) is 77.0 Å². The molecule has 1 heterocycles. The number of sulfonamides is 1. The summed E-state index contributed by atoms with van der Waals surface area (Å²) in [5, 5.41) is 4.44. The standard InChI is InChI=1S/C25H24BrFN4O4S/c1-16(2)15-35-25-28-24(17-5-4-6-19(27)13-17)31(29-25)21-10-8-20(9-11-21)30-36(32,33)23-14-18(26)7-12-22(23)34-3/h4-14,16,30H,15H2,1-3H3. The molecule has 0 unspecified atom stereocenters. The number of hydrogen-bond acceptors (Lipinski definition) is 6. The van der Waals surface area contributed by atoms with Gasteiger partial charge in [0.05, 0.1) is 19.4 Å². The summed E-state index contributed by atoms with van der Waals surface area (Å²) in [6.07, 6.45) is 0. The molecule has 36 heavy (non-hydrogen) atoms. The van der Waals surface area contributed by atoms with Crippen LogP contribution in [-0.4, -0.2) is 36.9 Å². The first-order valence-electron chi connectivity index (χ1n) is 11.0. The lowest BCUT2D eigenvalue weighted by Crippen LogP contribution is -2.14. The van der Waals surface area contributed by atoms with E-state index in [1.807, 2.05) is 13.8 Å². The minimum atomic E-state index is -3.92. The van der Waals surface area contributed by atoms with Crippen LogP contribution in [-0.2, 0) is 10.0 Å². The number of nitrogens with one attached hydrogen (secondary N) is 1. The fourth-order valence-corrected chi connectivity index (χ4v) is 5.10. The summed E-state index contributed by atoms with van der Waals surface area (Å²) in [5.74, 6) is 0.476. The zero-order chi connectivity index (χ0) is 25.9. The number of ether oxygens (including phenoxy) is 2. The van der Waals surface area contributed by atoms with Gasteiger partial charge in [-0.15, -0.1) is 5.10 Å². The zero-order valence-corrected chi connectivity index (χ0v) is 22.2. The van der Waals surface area contributed by atoms with Crippen LogP contribution in [0.25, 0.3) is 17.1 Å². The Morgan fingerprint density at radius 3 is 2.50 bits per heavy atom. The lowest BCUT2D eigenvalue weighted by atomic mass is 10.2. The summed E-state index contributed by atoms with van der Waals surface area (Å²) in [6, 6.07) is 17.5. The molecule has 188 valence electrons. The van der Waals surface area contributed by atoms with Crippen molar-refractivity contribution >= 4 is 31.6 Å². The lowest BCUT2D eigenvalue weighted by Gasteiger charge is -2.12. The molecular formula is C25H24BrFN4O4S. The summed E-state index contributed by atoms with van der Waals surface area (Å²) in [5.41, 5.74) is 1.45. The third-order valence-corrected chi connectivity index (χ3v) is 6.89. The van der Waals surface area contributed by atoms with Crippen LogP contribution in [0, 0.1) is 11.7 Å². The Kier molecular flexibility index (Phi) is 7.60. The Labute approximate surface area is 217 Å². The molecule has 1 N–H and O–H groups in total. The molecule has 0 fully saturated rings. The molecular weight excluding hydrogens is 551 g/mol. The Balaban J connectivity index is 1.66. The Morgan fingerprint density at radius 1 is 1.08 bits per heavy atom. The molecule has 0 aliphatic heterocycles. The van der Waals surface area contributed by atoms with Gasteiger partial charge in [0.2, 0.25) is 0 Å². The summed E-state index contributed by atoms with van der Waals surface area (Å²) < 4.78 is 55.5. The fourth-order valence-electron chi connectivity index (χ4n) is 3.33. The van der Waals surface area contributed by atoms with E-state index in [1.54, 1.807) is 48.5 Å². The quantitative estimate of drug-likeness (QED) is 0.276. The Bertz CT molecular complexity index is 1470. The van der Waals surface area contributed by atoms with E-state index in [2.05, 4.69) is 30.7 Å². The molecule has 3 aromatic carbocycles. The van der Waals surface area contributed by atoms with Crippen molar-refractivity contribution in [1.82, 2.24) is 14.8 Å². The van der Waals surface area contributed by atoms with Crippen LogP contribution in [0.3, 0.4) is 0 Å². The first-order valence-corrected chi connectivity index (χ1v) is 13.3. The number of halogens is 2. The Morgan fingerprint density at radius 2 is 1.83 bits per heavy atom. The van der Waals surface area contributed by atoms with Gasteiger partial charge in [0, 0.05) is 15.7 Å². The molecule has 8 nitrogen and oxygen atoms in total. The van der Waals surface area contributed by atoms with E-state index >= 15 is 0 Å². The number of rotatable bonds is 9. The number of methoxy groups -OCH3 is 1. The Hall–Kier alpha value is -3.44. The summed E-state index contributed by atoms with van der Waals surface area (Å²) in [4.78, 5) is 4.45. The van der Waals surface area contributed by atoms with Crippen LogP contribution in [0.5, 0.6) is 11.8 Å². The van der Waals surface area contributed by atoms with Crippen molar-refractivity contribution in [1.29, 1.82) is 0 Å². The van der Waals surface area contributed by atoms with E-state index in [1.165, 1.54) is 30.0 Å². The molecule has 0 aliphatic carbocycles. The van der Waals surface area contributed by atoms with Gasteiger partial charge < -0.3 is 9.47 Å². The van der Waals surface area contributed by atoms with Crippen LogP contribution in [0.15, 0.2) is 76.1 Å². The topological polar surface area (TPSA) is 95.3 Å². The van der Waals surface area contributed by atoms with E-state index in [0.717, 1.165) is 0 Å². The van der Waals surface area contributed by atoms with Gasteiger partial charge in [-0.25, -0.2) is 17.5 Å². The smallest absolute Gasteiger partial charge is 0.336 e. The van der Waals surface area contributed by atoms with E-state index in [0.29, 0.717) is 33.8 Å². The highest BCUT2D eigenvalue weighted by atomic mass is 79.9. The highest BCUT2D eigenvalue weighted by Crippen LogP contribution is 2.30. The third kappa shape index (κ3) is 5.85. The summed E-state index contributed by atoms with van der Waals surface area (Å²) in [6.45, 7) is 4.44. The fraction of sp³-hybridized carbons (Fsp3) is 0.200. The number of hydrogen-bond donors (Lipinski definition) is 1. The average molecular weight is 575 g/mol. The van der Waals surface area contributed by atoms with Gasteiger partial charge in [-0.3, -0.25) is 4.72 Å². The third-order valence-electron chi connectivity index (χ3n) is 5.00. The number of nitrogens with zero attached hydrogens (tertiary/aromatic N) is 3. The van der Waals surface area contributed by atoms with E-state index in [4.69, 9.17) is 9.47 Å². The van der Waals surface area contributed by atoms with Crippen LogP contribution in [0.4, 0.5) is 10.1 Å². The van der Waals surface area contributed by atoms with Gasteiger partial charge in [-0.2, -0.15) is 4.98 Å². The molecule has 0 aliphatic rings. The highest BCUT2D eigenvalue weighted by molar-refractivity contribution is 9.10. The van der Waals surface area contributed by atoms with E-state index in [-0.39, 0.29) is 22.6 Å². The highest BCUT2D eigenvalue weighted by Gasteiger charge is 2.21. The van der Waals surface area contributed by atoms with Crippen LogP contribution in [0.1, 0.15) is 13.8 Å². The molecule has 4 aromatic rings. The second-order valence-corrected chi connectivity index (χ2v) is 10.9. The molecule has 0 bridgehead atoms. The van der Waals surface area contributed by atoms with Crippen molar-refractivity contribution < 1.29 is 22.3 Å². The molecule has 0 saturated heterocycles. The maximum atomic E-state index is 13.9. The second kappa shape index (κ2) is 10.7. The van der Waals surface area contributed by atoms with Gasteiger partial charge in [0.15, 0.2) is 5.82 Å². The predicted molar refractivity (Wildman–Crippen MR) is 139 cm³/mol. The summed E-state index contributed by atoms with van der Waals surface area (Å²) >= 11 is 3.29. The molecule has 0 spiro atoms. The van der Waals surface area contributed by atoms with Crippen LogP contribution >= 0.6 is 15.9 Å². The van der Waals surface area contributed by atoms with Gasteiger partial charge in [-0.05, 0) is 60.5 Å². The monoisotopic (exact) mass is 574 g/mol. The van der Waals surface area contributed by atoms with Gasteiger partial charge in [-0.1, -0.05) is 41.9 Å². The van der Waals surface area contributed by atoms with E-state index in [9.17, 15) is 12.8 Å². The lowest BCUT2D eigenvalue weighted by molar-refractivity contribution is 0.251. The molecule has 1 aromatic heterocycles. The van der Waals surface area contributed by atoms with Crippen molar-refractivity contribution in [3.63, 3.8) is 0 Å². The second-order valence-electron chi connectivity index (χ2n) is 8.29. The first-order chi connectivity index (χ1) is 17.2. The van der Waals surface area contributed by atoms with Gasteiger partial charge in [0.25, 0.3) is 10.0 Å².